The summed E-state index contributed by atoms with van der Waals surface area (Å²) < 4.78 is 35.4. The van der Waals surface area contributed by atoms with Crippen molar-refractivity contribution in [2.75, 3.05) is 53.4 Å². The highest BCUT2D eigenvalue weighted by Gasteiger charge is 2.36. The van der Waals surface area contributed by atoms with Crippen molar-refractivity contribution in [1.29, 1.82) is 5.26 Å². The van der Waals surface area contributed by atoms with Crippen molar-refractivity contribution in [3.8, 4) is 11.8 Å². The second kappa shape index (κ2) is 12.9. The van der Waals surface area contributed by atoms with E-state index in [2.05, 4.69) is 16.8 Å². The fourth-order valence-electron chi connectivity index (χ4n) is 6.51. The number of aromatic nitrogens is 2. The first-order chi connectivity index (χ1) is 22.1. The number of carbonyl (C=O) groups excluding carboxylic acids is 1. The number of hydrogen-bond acceptors (Lipinski definition) is 8. The van der Waals surface area contributed by atoms with Gasteiger partial charge in [0.05, 0.1) is 34.7 Å². The van der Waals surface area contributed by atoms with E-state index in [1.807, 2.05) is 6.07 Å². The predicted molar refractivity (Wildman–Crippen MR) is 175 cm³/mol. The summed E-state index contributed by atoms with van der Waals surface area (Å²) in [4.78, 5) is 35.4. The second-order valence-corrected chi connectivity index (χ2v) is 14.0. The minimum Gasteiger partial charge on any atom is -0.497 e. The highest BCUT2D eigenvalue weighted by atomic mass is 35.5. The number of piperidine rings is 1. The lowest BCUT2D eigenvalue weighted by Crippen LogP contribution is -2.55. The number of halogens is 1. The third-order valence-electron chi connectivity index (χ3n) is 9.05. The molecule has 1 atom stereocenters. The number of amides is 1. The molecule has 0 radical (unpaired) electrons. The molecule has 1 aromatic heterocycles. The van der Waals surface area contributed by atoms with Crippen LogP contribution in [0.4, 0.5) is 0 Å². The van der Waals surface area contributed by atoms with Crippen molar-refractivity contribution in [2.45, 2.75) is 29.8 Å². The van der Waals surface area contributed by atoms with Crippen LogP contribution in [0.15, 0.2) is 76.4 Å². The van der Waals surface area contributed by atoms with E-state index in [1.165, 1.54) is 54.1 Å². The van der Waals surface area contributed by atoms with Gasteiger partial charge in [0.1, 0.15) is 11.8 Å². The summed E-state index contributed by atoms with van der Waals surface area (Å²) >= 11 is 6.41. The van der Waals surface area contributed by atoms with Crippen LogP contribution in [-0.2, 0) is 14.8 Å². The molecule has 4 aromatic rings. The van der Waals surface area contributed by atoms with Crippen molar-refractivity contribution < 1.29 is 17.9 Å². The van der Waals surface area contributed by atoms with Gasteiger partial charge in [-0.3, -0.25) is 14.3 Å². The van der Waals surface area contributed by atoms with E-state index in [0.717, 1.165) is 25.9 Å². The zero-order valence-electron chi connectivity index (χ0n) is 25.7. The molecule has 46 heavy (non-hydrogen) atoms. The standard InChI is InChI=1S/C33H35ClN6O5S/c1-36-14-12-26(13-15-36)37-16-18-38(19-17-37)32(41)31(24-4-3-5-27(20-24)45-2)39-30-21-25(34)8-11-29(30)40(33(39)42)46(43,44)28-9-6-23(22-35)7-10-28/h3-11,20-21,26,31H,12-19H2,1-2H3. The topological polar surface area (TPSA) is 121 Å². The smallest absolute Gasteiger partial charge is 0.344 e. The molecule has 0 saturated carbocycles. The van der Waals surface area contributed by atoms with E-state index in [4.69, 9.17) is 16.3 Å². The maximum absolute atomic E-state index is 14.6. The molecule has 0 aliphatic carbocycles. The molecule has 0 N–H and O–H groups in total. The Morgan fingerprint density at radius 1 is 0.957 bits per heavy atom. The first-order valence-corrected chi connectivity index (χ1v) is 17.0. The number of likely N-dealkylation sites (tertiary alicyclic amines) is 1. The molecule has 1 unspecified atom stereocenters. The number of fused-ring (bicyclic) bond motifs is 1. The molecule has 2 fully saturated rings. The van der Waals surface area contributed by atoms with Crippen molar-refractivity contribution >= 4 is 38.6 Å². The maximum atomic E-state index is 14.6. The van der Waals surface area contributed by atoms with E-state index in [-0.39, 0.29) is 32.4 Å². The first kappa shape index (κ1) is 31.8. The summed E-state index contributed by atoms with van der Waals surface area (Å²) in [6, 6.07) is 17.9. The fraction of sp³-hybridized carbons (Fsp3) is 0.364. The molecule has 1 amide bonds. The van der Waals surface area contributed by atoms with E-state index in [9.17, 15) is 23.3 Å². The van der Waals surface area contributed by atoms with Gasteiger partial charge in [0.25, 0.3) is 15.9 Å². The van der Waals surface area contributed by atoms with E-state index in [0.29, 0.717) is 47.5 Å². The molecule has 13 heteroatoms. The summed E-state index contributed by atoms with van der Waals surface area (Å²) in [6.45, 7) is 4.46. The van der Waals surface area contributed by atoms with Gasteiger partial charge in [0.15, 0.2) is 0 Å². The molecule has 11 nitrogen and oxygen atoms in total. The molecule has 3 aromatic carbocycles. The molecule has 2 aliphatic rings. The fourth-order valence-corrected chi connectivity index (χ4v) is 8.07. The quantitative estimate of drug-likeness (QED) is 0.295. The zero-order chi connectivity index (χ0) is 32.6. The Kier molecular flexibility index (Phi) is 8.94. The average Bonchev–Trinajstić information content (AvgIpc) is 3.36. The highest BCUT2D eigenvalue weighted by Crippen LogP contribution is 2.31. The molecule has 3 heterocycles. The van der Waals surface area contributed by atoms with Crippen LogP contribution in [-0.4, -0.2) is 97.0 Å². The molecular formula is C33H35ClN6O5S. The summed E-state index contributed by atoms with van der Waals surface area (Å²) in [6.07, 6.45) is 2.17. The van der Waals surface area contributed by atoms with Crippen molar-refractivity contribution in [3.63, 3.8) is 0 Å². The van der Waals surface area contributed by atoms with E-state index in [1.54, 1.807) is 29.2 Å². The van der Waals surface area contributed by atoms with Crippen LogP contribution in [0.5, 0.6) is 5.75 Å². The van der Waals surface area contributed by atoms with Gasteiger partial charge in [-0.15, -0.1) is 0 Å². The third kappa shape index (κ3) is 5.91. The largest absolute Gasteiger partial charge is 0.497 e. The van der Waals surface area contributed by atoms with Crippen molar-refractivity contribution in [1.82, 2.24) is 23.2 Å². The predicted octanol–water partition coefficient (Wildman–Crippen LogP) is 3.40. The monoisotopic (exact) mass is 662 g/mol. The Labute approximate surface area is 272 Å². The maximum Gasteiger partial charge on any atom is 0.344 e. The summed E-state index contributed by atoms with van der Waals surface area (Å²) in [5.74, 6) is 0.163. The highest BCUT2D eigenvalue weighted by molar-refractivity contribution is 7.90. The van der Waals surface area contributed by atoms with Gasteiger partial charge in [-0.25, -0.2) is 13.2 Å². The molecule has 6 rings (SSSR count). The van der Waals surface area contributed by atoms with Gasteiger partial charge in [-0.05, 0) is 93.1 Å². The number of imidazole rings is 1. The number of methoxy groups -OCH3 is 1. The molecule has 2 aliphatic heterocycles. The van der Waals surface area contributed by atoms with Crippen molar-refractivity contribution in [2.24, 2.45) is 0 Å². The van der Waals surface area contributed by atoms with Gasteiger partial charge >= 0.3 is 5.69 Å². The number of benzene rings is 3. The van der Waals surface area contributed by atoms with Crippen LogP contribution in [0.2, 0.25) is 5.02 Å². The average molecular weight is 663 g/mol. The molecule has 240 valence electrons. The van der Waals surface area contributed by atoms with Crippen LogP contribution in [0.3, 0.4) is 0 Å². The Hall–Kier alpha value is -4.15. The Morgan fingerprint density at radius 3 is 2.30 bits per heavy atom. The van der Waals surface area contributed by atoms with E-state index < -0.39 is 21.8 Å². The normalized spacial score (nSPS) is 17.6. The Bertz CT molecular complexity index is 1970. The van der Waals surface area contributed by atoms with Crippen LogP contribution in [0.1, 0.15) is 30.0 Å². The van der Waals surface area contributed by atoms with Crippen molar-refractivity contribution in [3.05, 3.63) is 93.4 Å². The third-order valence-corrected chi connectivity index (χ3v) is 11.0. The molecular weight excluding hydrogens is 628 g/mol. The number of hydrogen-bond donors (Lipinski definition) is 0. The van der Waals surface area contributed by atoms with Crippen LogP contribution < -0.4 is 10.4 Å². The van der Waals surface area contributed by atoms with Gasteiger partial charge in [0.2, 0.25) is 0 Å². The summed E-state index contributed by atoms with van der Waals surface area (Å²) in [7, 11) is -0.799. The number of piperazine rings is 1. The lowest BCUT2D eigenvalue weighted by Gasteiger charge is -2.42. The molecule has 2 saturated heterocycles. The van der Waals surface area contributed by atoms with Gasteiger partial charge in [-0.2, -0.15) is 9.23 Å². The van der Waals surface area contributed by atoms with Gasteiger partial charge in [-0.1, -0.05) is 23.7 Å². The number of nitrogens with zero attached hydrogens (tertiary/aromatic N) is 6. The van der Waals surface area contributed by atoms with Crippen LogP contribution in [0, 0.1) is 11.3 Å². The lowest BCUT2D eigenvalue weighted by atomic mass is 10.0. The summed E-state index contributed by atoms with van der Waals surface area (Å²) in [5, 5.41) is 9.48. The molecule has 0 spiro atoms. The Balaban J connectivity index is 1.45. The SMILES string of the molecule is COc1cccc(C(C(=O)N2CCN(C3CCN(C)CC3)CC2)n2c(=O)n(S(=O)(=O)c3ccc(C#N)cc3)c3ccc(Cl)cc32)c1. The Morgan fingerprint density at radius 2 is 1.65 bits per heavy atom. The minimum atomic E-state index is -4.44. The number of rotatable bonds is 7. The number of carbonyl (C=O) groups is 1. The number of ether oxygens (including phenoxy) is 1. The summed E-state index contributed by atoms with van der Waals surface area (Å²) in [5.41, 5.74) is 0.110. The number of nitriles is 1. The molecule has 0 bridgehead atoms. The van der Waals surface area contributed by atoms with Gasteiger partial charge in [0, 0.05) is 37.2 Å². The van der Waals surface area contributed by atoms with Gasteiger partial charge < -0.3 is 14.5 Å². The first-order valence-electron chi connectivity index (χ1n) is 15.2. The second-order valence-electron chi connectivity index (χ2n) is 11.8. The zero-order valence-corrected chi connectivity index (χ0v) is 27.2. The lowest BCUT2D eigenvalue weighted by molar-refractivity contribution is -0.135. The minimum absolute atomic E-state index is 0.0755. The van der Waals surface area contributed by atoms with E-state index >= 15 is 0 Å². The van der Waals surface area contributed by atoms with Crippen LogP contribution >= 0.6 is 11.6 Å². The van der Waals surface area contributed by atoms with Crippen LogP contribution in [0.25, 0.3) is 11.0 Å².